The molecule has 0 radical (unpaired) electrons. The molecule has 2 N–H and O–H groups in total. The van der Waals surface area contributed by atoms with Crippen molar-refractivity contribution in [2.75, 3.05) is 44.2 Å². The van der Waals surface area contributed by atoms with Gasteiger partial charge in [-0.3, -0.25) is 19.3 Å². The summed E-state index contributed by atoms with van der Waals surface area (Å²) in [7, 11) is 0. The Balaban J connectivity index is 1.23. The fourth-order valence-electron chi connectivity index (χ4n) is 6.48. The van der Waals surface area contributed by atoms with Gasteiger partial charge in [0.15, 0.2) is 0 Å². The molecule has 3 aliphatic heterocycles. The molecule has 3 amide bonds. The van der Waals surface area contributed by atoms with E-state index in [0.717, 1.165) is 49.3 Å². The fraction of sp³-hybridized carbons (Fsp3) is 0.531. The van der Waals surface area contributed by atoms with E-state index in [4.69, 9.17) is 0 Å². The number of hydrogen-bond acceptors (Lipinski definition) is 5. The highest BCUT2D eigenvalue weighted by molar-refractivity contribution is 6.08. The van der Waals surface area contributed by atoms with Crippen LogP contribution in [0.4, 0.5) is 5.69 Å². The van der Waals surface area contributed by atoms with Gasteiger partial charge >= 0.3 is 0 Å². The molecule has 3 aliphatic rings. The third-order valence-corrected chi connectivity index (χ3v) is 8.75. The van der Waals surface area contributed by atoms with Crippen molar-refractivity contribution in [3.05, 3.63) is 65.7 Å². The Hall–Kier alpha value is -3.23. The van der Waals surface area contributed by atoms with Crippen LogP contribution in [0.2, 0.25) is 0 Å². The van der Waals surface area contributed by atoms with Gasteiger partial charge in [-0.15, -0.1) is 0 Å². The number of nitrogens with zero attached hydrogens (tertiary/aromatic N) is 3. The monoisotopic (exact) mass is 545 g/mol. The number of rotatable bonds is 8. The van der Waals surface area contributed by atoms with Gasteiger partial charge in [-0.2, -0.15) is 0 Å². The molecule has 3 heterocycles. The Morgan fingerprint density at radius 2 is 1.73 bits per heavy atom. The number of amides is 3. The first-order chi connectivity index (χ1) is 19.2. The molecule has 2 fully saturated rings. The number of carbonyl (C=O) groups excluding carboxylic acids is 3. The first-order valence-corrected chi connectivity index (χ1v) is 14.7. The fourth-order valence-corrected chi connectivity index (χ4v) is 6.48. The lowest BCUT2D eigenvalue weighted by Gasteiger charge is -2.39. The molecule has 2 aromatic rings. The van der Waals surface area contributed by atoms with E-state index in [9.17, 15) is 14.4 Å². The van der Waals surface area contributed by atoms with E-state index in [1.165, 1.54) is 0 Å². The van der Waals surface area contributed by atoms with Crippen molar-refractivity contribution < 1.29 is 14.4 Å². The number of likely N-dealkylation sites (tertiary alicyclic amines) is 1. The lowest BCUT2D eigenvalue weighted by atomic mass is 9.86. The Morgan fingerprint density at radius 1 is 1.02 bits per heavy atom. The number of hydrogen-bond donors (Lipinski definition) is 2. The number of benzene rings is 2. The number of anilines is 1. The maximum absolute atomic E-state index is 13.8. The van der Waals surface area contributed by atoms with Gasteiger partial charge in [0.2, 0.25) is 17.7 Å². The highest BCUT2D eigenvalue weighted by Crippen LogP contribution is 2.43. The van der Waals surface area contributed by atoms with Crippen molar-refractivity contribution in [1.82, 2.24) is 20.4 Å². The Bertz CT molecular complexity index is 1210. The molecule has 0 saturated carbocycles. The topological polar surface area (TPSA) is 85.0 Å². The molecule has 5 rings (SSSR count). The maximum Gasteiger partial charge on any atom is 0.245 e. The van der Waals surface area contributed by atoms with E-state index in [1.54, 1.807) is 0 Å². The molecule has 2 atom stereocenters. The lowest BCUT2D eigenvalue weighted by Crippen LogP contribution is -2.56. The smallest absolute Gasteiger partial charge is 0.245 e. The molecule has 0 aliphatic carbocycles. The van der Waals surface area contributed by atoms with Gasteiger partial charge in [-0.05, 0) is 63.6 Å². The van der Waals surface area contributed by atoms with Gasteiger partial charge in [0.1, 0.15) is 6.04 Å². The van der Waals surface area contributed by atoms with Crippen molar-refractivity contribution in [2.24, 2.45) is 0 Å². The molecule has 2 saturated heterocycles. The molecular weight excluding hydrogens is 502 g/mol. The van der Waals surface area contributed by atoms with Crippen molar-refractivity contribution >= 4 is 23.4 Å². The SMILES string of the molecule is CC1CN(CC(=O)NC(CCc2ccccc2)C(=O)N2CCC(N3C(=O)C(C)(C)c4ccccc43)CC2)CCN1. The van der Waals surface area contributed by atoms with E-state index in [-0.39, 0.29) is 23.8 Å². The second-order valence-corrected chi connectivity index (χ2v) is 12.1. The highest BCUT2D eigenvalue weighted by atomic mass is 16.2. The molecule has 40 heavy (non-hydrogen) atoms. The van der Waals surface area contributed by atoms with E-state index >= 15 is 0 Å². The number of piperazine rings is 1. The van der Waals surface area contributed by atoms with Crippen molar-refractivity contribution in [1.29, 1.82) is 0 Å². The van der Waals surface area contributed by atoms with Gasteiger partial charge in [0.25, 0.3) is 0 Å². The zero-order valence-electron chi connectivity index (χ0n) is 24.1. The highest BCUT2D eigenvalue weighted by Gasteiger charge is 2.46. The number of para-hydroxylation sites is 1. The lowest BCUT2D eigenvalue weighted by molar-refractivity contribution is -0.138. The summed E-state index contributed by atoms with van der Waals surface area (Å²) in [6.07, 6.45) is 2.71. The van der Waals surface area contributed by atoms with Gasteiger partial charge in [-0.1, -0.05) is 48.5 Å². The summed E-state index contributed by atoms with van der Waals surface area (Å²) < 4.78 is 0. The van der Waals surface area contributed by atoms with Gasteiger partial charge in [0.05, 0.1) is 12.0 Å². The minimum atomic E-state index is -0.572. The Kier molecular flexibility index (Phi) is 8.57. The summed E-state index contributed by atoms with van der Waals surface area (Å²) in [6.45, 7) is 10.1. The number of piperidine rings is 1. The van der Waals surface area contributed by atoms with Crippen LogP contribution in [0, 0.1) is 0 Å². The Labute approximate surface area is 238 Å². The van der Waals surface area contributed by atoms with E-state index < -0.39 is 11.5 Å². The summed E-state index contributed by atoms with van der Waals surface area (Å²) in [5, 5.41) is 6.49. The number of carbonyl (C=O) groups is 3. The summed E-state index contributed by atoms with van der Waals surface area (Å²) in [4.78, 5) is 46.3. The largest absolute Gasteiger partial charge is 0.343 e. The average molecular weight is 546 g/mol. The predicted octanol–water partition coefficient (Wildman–Crippen LogP) is 2.71. The minimum Gasteiger partial charge on any atom is -0.343 e. The first kappa shape index (κ1) is 28.3. The van der Waals surface area contributed by atoms with Crippen LogP contribution in [0.5, 0.6) is 0 Å². The molecule has 0 aromatic heterocycles. The molecule has 214 valence electrons. The molecule has 8 nitrogen and oxygen atoms in total. The third-order valence-electron chi connectivity index (χ3n) is 8.75. The van der Waals surface area contributed by atoms with Gasteiger partial charge in [-0.25, -0.2) is 0 Å². The second kappa shape index (κ2) is 12.1. The molecule has 2 unspecified atom stereocenters. The van der Waals surface area contributed by atoms with Crippen LogP contribution in [0.15, 0.2) is 54.6 Å². The standard InChI is InChI=1S/C32H43N5O3/c1-23-21-35(20-17-33-23)22-29(38)34-27(14-13-24-9-5-4-6-10-24)30(39)36-18-15-25(16-19-36)37-28-12-8-7-11-26(28)32(2,3)31(37)40/h4-12,23,25,27,33H,13-22H2,1-3H3,(H,34,38). The van der Waals surface area contributed by atoms with Crippen LogP contribution in [0.3, 0.4) is 0 Å². The molecule has 0 bridgehead atoms. The minimum absolute atomic E-state index is 0.0233. The quantitative estimate of drug-likeness (QED) is 0.533. The van der Waals surface area contributed by atoms with E-state index in [2.05, 4.69) is 34.6 Å². The summed E-state index contributed by atoms with van der Waals surface area (Å²) in [5.41, 5.74) is 2.68. The zero-order valence-corrected chi connectivity index (χ0v) is 24.1. The van der Waals surface area contributed by atoms with Crippen molar-refractivity contribution in [2.45, 2.75) is 70.0 Å². The number of fused-ring (bicyclic) bond motifs is 1. The molecular formula is C32H43N5O3. The van der Waals surface area contributed by atoms with Crippen LogP contribution in [-0.2, 0) is 26.2 Å². The first-order valence-electron chi connectivity index (χ1n) is 14.7. The van der Waals surface area contributed by atoms with E-state index in [0.29, 0.717) is 38.5 Å². The van der Waals surface area contributed by atoms with Gasteiger partial charge < -0.3 is 20.4 Å². The molecule has 8 heteroatoms. The van der Waals surface area contributed by atoms with Gasteiger partial charge in [0, 0.05) is 50.5 Å². The van der Waals surface area contributed by atoms with E-state index in [1.807, 2.05) is 66.1 Å². The van der Waals surface area contributed by atoms with Crippen LogP contribution in [0.1, 0.15) is 51.2 Å². The Morgan fingerprint density at radius 3 is 2.45 bits per heavy atom. The third kappa shape index (κ3) is 6.08. The van der Waals surface area contributed by atoms with Crippen LogP contribution in [0.25, 0.3) is 0 Å². The molecule has 0 spiro atoms. The van der Waals surface area contributed by atoms with Crippen LogP contribution in [-0.4, -0.2) is 84.9 Å². The summed E-state index contributed by atoms with van der Waals surface area (Å²) >= 11 is 0. The van der Waals surface area contributed by atoms with Crippen molar-refractivity contribution in [3.8, 4) is 0 Å². The maximum atomic E-state index is 13.8. The number of aryl methyl sites for hydroxylation is 1. The second-order valence-electron chi connectivity index (χ2n) is 12.1. The van der Waals surface area contributed by atoms with Crippen LogP contribution >= 0.6 is 0 Å². The van der Waals surface area contributed by atoms with Crippen LogP contribution < -0.4 is 15.5 Å². The summed E-state index contributed by atoms with van der Waals surface area (Å²) in [5.74, 6) is 0.00972. The summed E-state index contributed by atoms with van der Waals surface area (Å²) in [6, 6.07) is 18.0. The van der Waals surface area contributed by atoms with Crippen molar-refractivity contribution in [3.63, 3.8) is 0 Å². The number of nitrogens with one attached hydrogen (secondary N) is 2. The zero-order chi connectivity index (χ0) is 28.3. The predicted molar refractivity (Wildman–Crippen MR) is 157 cm³/mol. The molecule has 2 aromatic carbocycles. The normalized spacial score (nSPS) is 22.2. The average Bonchev–Trinajstić information content (AvgIpc) is 3.16.